The Morgan fingerprint density at radius 2 is 2.00 bits per heavy atom. The highest BCUT2D eigenvalue weighted by molar-refractivity contribution is 7.20. The fraction of sp³-hybridized carbons (Fsp3) is 0.400. The summed E-state index contributed by atoms with van der Waals surface area (Å²) in [5.74, 6) is 1.48. The Balaban J connectivity index is 1.66. The fourth-order valence-electron chi connectivity index (χ4n) is 3.87. The van der Waals surface area contributed by atoms with Gasteiger partial charge in [0, 0.05) is 19.0 Å². The Hall–Kier alpha value is -2.54. The van der Waals surface area contributed by atoms with Gasteiger partial charge in [-0.05, 0) is 43.5 Å². The molecule has 142 valence electrons. The Labute approximate surface area is 162 Å². The maximum atomic E-state index is 13.2. The Morgan fingerprint density at radius 1 is 1.22 bits per heavy atom. The van der Waals surface area contributed by atoms with E-state index in [0.29, 0.717) is 11.5 Å². The minimum Gasteiger partial charge on any atom is -0.493 e. The van der Waals surface area contributed by atoms with Crippen LogP contribution in [0.25, 0.3) is 10.2 Å². The second-order valence-corrected chi connectivity index (χ2v) is 7.84. The van der Waals surface area contributed by atoms with Gasteiger partial charge in [-0.25, -0.2) is 0 Å². The molecule has 1 fully saturated rings. The molecule has 4 rings (SSSR count). The Morgan fingerprint density at radius 3 is 2.70 bits per heavy atom. The van der Waals surface area contributed by atoms with Crippen LogP contribution in [0.3, 0.4) is 0 Å². The number of nitrogens with zero attached hydrogens (tertiary/aromatic N) is 3. The van der Waals surface area contributed by atoms with Crippen molar-refractivity contribution in [3.63, 3.8) is 0 Å². The average molecular weight is 385 g/mol. The van der Waals surface area contributed by atoms with Gasteiger partial charge in [-0.1, -0.05) is 6.07 Å². The summed E-state index contributed by atoms with van der Waals surface area (Å²) >= 11 is 1.52. The van der Waals surface area contributed by atoms with E-state index in [1.807, 2.05) is 47.8 Å². The van der Waals surface area contributed by atoms with Crippen LogP contribution in [0.5, 0.6) is 11.5 Å². The molecule has 6 nitrogen and oxygen atoms in total. The summed E-state index contributed by atoms with van der Waals surface area (Å²) < 4.78 is 12.6. The number of aryl methyl sites for hydroxylation is 2. The molecule has 0 saturated carbocycles. The third kappa shape index (κ3) is 2.96. The standard InChI is InChI=1S/C20H23N3O3S/c1-12-14-11-18(27-20(14)22(2)21-12)19(24)23-9-5-6-15(23)13-7-8-16(25-3)17(10-13)26-4/h7-8,10-11,15H,5-6,9H2,1-4H3. The molecule has 1 unspecified atom stereocenters. The average Bonchev–Trinajstić information content (AvgIpc) is 3.38. The van der Waals surface area contributed by atoms with E-state index in [4.69, 9.17) is 9.47 Å². The molecule has 0 aliphatic carbocycles. The molecule has 1 atom stereocenters. The number of fused-ring (bicyclic) bond motifs is 1. The molecule has 3 heterocycles. The van der Waals surface area contributed by atoms with Crippen LogP contribution in [0.4, 0.5) is 0 Å². The highest BCUT2D eigenvalue weighted by Crippen LogP contribution is 2.38. The number of rotatable bonds is 4. The van der Waals surface area contributed by atoms with Gasteiger partial charge in [0.1, 0.15) is 4.83 Å². The number of amides is 1. The zero-order valence-corrected chi connectivity index (χ0v) is 16.8. The van der Waals surface area contributed by atoms with Crippen molar-refractivity contribution < 1.29 is 14.3 Å². The van der Waals surface area contributed by atoms with Gasteiger partial charge in [0.15, 0.2) is 11.5 Å². The van der Waals surface area contributed by atoms with E-state index in [-0.39, 0.29) is 11.9 Å². The summed E-state index contributed by atoms with van der Waals surface area (Å²) in [5, 5.41) is 5.49. The van der Waals surface area contributed by atoms with E-state index >= 15 is 0 Å². The van der Waals surface area contributed by atoms with Crippen molar-refractivity contribution >= 4 is 27.5 Å². The maximum absolute atomic E-state index is 13.2. The maximum Gasteiger partial charge on any atom is 0.264 e. The minimum absolute atomic E-state index is 0.0572. The largest absolute Gasteiger partial charge is 0.493 e. The normalized spacial score (nSPS) is 16.9. The van der Waals surface area contributed by atoms with Crippen molar-refractivity contribution in [2.75, 3.05) is 20.8 Å². The van der Waals surface area contributed by atoms with Crippen molar-refractivity contribution in [3.05, 3.63) is 40.4 Å². The first-order valence-electron chi connectivity index (χ1n) is 8.99. The van der Waals surface area contributed by atoms with E-state index in [1.54, 1.807) is 14.2 Å². The van der Waals surface area contributed by atoms with Gasteiger partial charge < -0.3 is 14.4 Å². The Bertz CT molecular complexity index is 973. The quantitative estimate of drug-likeness (QED) is 0.683. The molecular formula is C20H23N3O3S. The van der Waals surface area contributed by atoms with Crippen molar-refractivity contribution in [3.8, 4) is 11.5 Å². The molecule has 1 aliphatic heterocycles. The van der Waals surface area contributed by atoms with Crippen molar-refractivity contribution in [1.29, 1.82) is 0 Å². The number of methoxy groups -OCH3 is 2. The highest BCUT2D eigenvalue weighted by Gasteiger charge is 2.32. The van der Waals surface area contributed by atoms with Crippen molar-refractivity contribution in [2.24, 2.45) is 7.05 Å². The number of benzene rings is 1. The molecule has 1 aliphatic rings. The second-order valence-electron chi connectivity index (χ2n) is 6.81. The molecular weight excluding hydrogens is 362 g/mol. The number of carbonyl (C=O) groups excluding carboxylic acids is 1. The van der Waals surface area contributed by atoms with Crippen molar-refractivity contribution in [1.82, 2.24) is 14.7 Å². The molecule has 0 bridgehead atoms. The summed E-state index contributed by atoms with van der Waals surface area (Å²) in [5.41, 5.74) is 2.04. The summed E-state index contributed by atoms with van der Waals surface area (Å²) in [6, 6.07) is 7.95. The third-order valence-corrected chi connectivity index (χ3v) is 6.40. The Kier molecular flexibility index (Phi) is 4.55. The van der Waals surface area contributed by atoms with Crippen LogP contribution in [0.15, 0.2) is 24.3 Å². The minimum atomic E-state index is 0.0572. The summed E-state index contributed by atoms with van der Waals surface area (Å²) in [6.45, 7) is 2.74. The van der Waals surface area contributed by atoms with Crippen LogP contribution in [0, 0.1) is 6.92 Å². The topological polar surface area (TPSA) is 56.6 Å². The van der Waals surface area contributed by atoms with Gasteiger partial charge in [-0.2, -0.15) is 5.10 Å². The highest BCUT2D eigenvalue weighted by atomic mass is 32.1. The first-order valence-corrected chi connectivity index (χ1v) is 9.81. The molecule has 0 N–H and O–H groups in total. The predicted molar refractivity (Wildman–Crippen MR) is 106 cm³/mol. The summed E-state index contributed by atoms with van der Waals surface area (Å²) in [7, 11) is 5.18. The van der Waals surface area contributed by atoms with Crippen LogP contribution in [0.2, 0.25) is 0 Å². The first-order chi connectivity index (χ1) is 13.0. The van der Waals surface area contributed by atoms with Gasteiger partial charge in [-0.15, -0.1) is 11.3 Å². The lowest BCUT2D eigenvalue weighted by Gasteiger charge is -2.25. The summed E-state index contributed by atoms with van der Waals surface area (Å²) in [4.78, 5) is 17.0. The van der Waals surface area contributed by atoms with Gasteiger partial charge in [0.2, 0.25) is 0 Å². The van der Waals surface area contributed by atoms with E-state index in [9.17, 15) is 4.79 Å². The number of likely N-dealkylation sites (tertiary alicyclic amines) is 1. The van der Waals surface area contributed by atoms with E-state index < -0.39 is 0 Å². The molecule has 1 amide bonds. The smallest absolute Gasteiger partial charge is 0.264 e. The lowest BCUT2D eigenvalue weighted by molar-refractivity contribution is 0.0740. The van der Waals surface area contributed by atoms with Crippen LogP contribution >= 0.6 is 11.3 Å². The van der Waals surface area contributed by atoms with Gasteiger partial charge in [0.05, 0.1) is 30.8 Å². The summed E-state index contributed by atoms with van der Waals surface area (Å²) in [6.07, 6.45) is 1.95. The monoisotopic (exact) mass is 385 g/mol. The molecule has 1 saturated heterocycles. The first kappa shape index (κ1) is 17.9. The molecule has 0 spiro atoms. The molecule has 2 aromatic heterocycles. The van der Waals surface area contributed by atoms with E-state index in [1.165, 1.54) is 11.3 Å². The fourth-order valence-corrected chi connectivity index (χ4v) is 4.95. The lowest BCUT2D eigenvalue weighted by Crippen LogP contribution is -2.30. The van der Waals surface area contributed by atoms with Crippen LogP contribution < -0.4 is 9.47 Å². The third-order valence-electron chi connectivity index (χ3n) is 5.21. The lowest BCUT2D eigenvalue weighted by atomic mass is 10.0. The molecule has 0 radical (unpaired) electrons. The zero-order valence-electron chi connectivity index (χ0n) is 16.0. The number of aromatic nitrogens is 2. The number of thiophene rings is 1. The van der Waals surface area contributed by atoms with E-state index in [0.717, 1.165) is 45.7 Å². The number of ether oxygens (including phenoxy) is 2. The van der Waals surface area contributed by atoms with Gasteiger partial charge >= 0.3 is 0 Å². The van der Waals surface area contributed by atoms with E-state index in [2.05, 4.69) is 5.10 Å². The van der Waals surface area contributed by atoms with Crippen LogP contribution in [-0.4, -0.2) is 41.4 Å². The van der Waals surface area contributed by atoms with Gasteiger partial charge in [-0.3, -0.25) is 9.48 Å². The number of carbonyl (C=O) groups is 1. The molecule has 7 heteroatoms. The molecule has 1 aromatic carbocycles. The predicted octanol–water partition coefficient (Wildman–Crippen LogP) is 3.94. The van der Waals surface area contributed by atoms with Crippen molar-refractivity contribution in [2.45, 2.75) is 25.8 Å². The van der Waals surface area contributed by atoms with Crippen LogP contribution in [-0.2, 0) is 7.05 Å². The molecule has 27 heavy (non-hydrogen) atoms. The van der Waals surface area contributed by atoms with Crippen LogP contribution in [0.1, 0.15) is 39.8 Å². The number of hydrogen-bond donors (Lipinski definition) is 0. The second kappa shape index (κ2) is 6.88. The SMILES string of the molecule is COc1ccc(C2CCCN2C(=O)c2cc3c(C)nn(C)c3s2)cc1OC. The number of hydrogen-bond acceptors (Lipinski definition) is 5. The van der Waals surface area contributed by atoms with Gasteiger partial charge in [0.25, 0.3) is 5.91 Å². The zero-order chi connectivity index (χ0) is 19.1. The molecule has 3 aromatic rings.